The van der Waals surface area contributed by atoms with Crippen molar-refractivity contribution in [2.75, 3.05) is 12.3 Å². The predicted molar refractivity (Wildman–Crippen MR) is 132 cm³/mol. The standard InChI is InChI=1S/C22H39N4O4PS/c1-9-11-32-21-17(7)13-25(22(27)24-21)20-12-19(18(8)29-20)30-31(28-14-23-10-2)26(15(3)4)16(5)6/h13-16,18-20H,9-12H2,1-8H3/i8D. The van der Waals surface area contributed by atoms with Gasteiger partial charge in [-0.3, -0.25) is 9.56 Å². The van der Waals surface area contributed by atoms with Crippen LogP contribution in [0.25, 0.3) is 0 Å². The van der Waals surface area contributed by atoms with E-state index in [1.54, 1.807) is 11.8 Å². The molecule has 1 aromatic heterocycles. The first-order chi connectivity index (χ1) is 15.7. The molecular weight excluding hydrogens is 447 g/mol. The molecular formula is C22H39N4O4PS. The molecule has 1 aromatic rings. The van der Waals surface area contributed by atoms with Gasteiger partial charge in [-0.2, -0.15) is 4.98 Å². The van der Waals surface area contributed by atoms with Crippen LogP contribution in [0.15, 0.2) is 21.0 Å². The van der Waals surface area contributed by atoms with Crippen molar-refractivity contribution < 1.29 is 15.2 Å². The first-order valence-electron chi connectivity index (χ1n) is 12.0. The van der Waals surface area contributed by atoms with Gasteiger partial charge in [0.25, 0.3) is 0 Å². The summed E-state index contributed by atoms with van der Waals surface area (Å²) < 4.78 is 30.2. The first-order valence-corrected chi connectivity index (χ1v) is 13.4. The second-order valence-electron chi connectivity index (χ2n) is 8.29. The van der Waals surface area contributed by atoms with Crippen molar-refractivity contribution in [3.63, 3.8) is 0 Å². The predicted octanol–water partition coefficient (Wildman–Crippen LogP) is 5.16. The van der Waals surface area contributed by atoms with Gasteiger partial charge in [-0.15, -0.1) is 11.8 Å². The van der Waals surface area contributed by atoms with Crippen molar-refractivity contribution in [1.29, 1.82) is 0 Å². The second-order valence-corrected chi connectivity index (χ2v) is 10.7. The molecule has 1 aliphatic rings. The Morgan fingerprint density at radius 1 is 1.44 bits per heavy atom. The van der Waals surface area contributed by atoms with Gasteiger partial charge in [-0.05, 0) is 66.2 Å². The van der Waals surface area contributed by atoms with E-state index in [0.717, 1.165) is 22.8 Å². The zero-order valence-corrected chi connectivity index (χ0v) is 22.1. The van der Waals surface area contributed by atoms with E-state index < -0.39 is 20.9 Å². The van der Waals surface area contributed by atoms with Crippen molar-refractivity contribution in [3.05, 3.63) is 22.2 Å². The third kappa shape index (κ3) is 7.26. The second kappa shape index (κ2) is 13.0. The number of aromatic nitrogens is 2. The van der Waals surface area contributed by atoms with Crippen molar-refractivity contribution in [1.82, 2.24) is 14.2 Å². The first kappa shape index (κ1) is 25.6. The fourth-order valence-electron chi connectivity index (χ4n) is 3.46. The lowest BCUT2D eigenvalue weighted by Gasteiger charge is -2.36. The highest BCUT2D eigenvalue weighted by atomic mass is 32.2. The molecule has 0 saturated carbocycles. The van der Waals surface area contributed by atoms with Crippen molar-refractivity contribution in [2.45, 2.75) is 104 Å². The van der Waals surface area contributed by atoms with Crippen LogP contribution in [-0.2, 0) is 13.8 Å². The quantitative estimate of drug-likeness (QED) is 0.133. The Morgan fingerprint density at radius 3 is 2.75 bits per heavy atom. The van der Waals surface area contributed by atoms with E-state index >= 15 is 0 Å². The molecule has 1 saturated heterocycles. The lowest BCUT2D eigenvalue weighted by molar-refractivity contribution is -0.00793. The van der Waals surface area contributed by atoms with Crippen LogP contribution in [0.5, 0.6) is 0 Å². The number of rotatable bonds is 12. The third-order valence-corrected chi connectivity index (χ3v) is 8.21. The lowest BCUT2D eigenvalue weighted by atomic mass is 10.2. The lowest BCUT2D eigenvalue weighted by Crippen LogP contribution is -2.35. The van der Waals surface area contributed by atoms with Gasteiger partial charge in [-0.25, -0.2) is 9.46 Å². The Hall–Kier alpha value is -0.990. The van der Waals surface area contributed by atoms with Crippen LogP contribution in [0.3, 0.4) is 0 Å². The summed E-state index contributed by atoms with van der Waals surface area (Å²) in [6.45, 7) is 15.0. The van der Waals surface area contributed by atoms with Crippen LogP contribution in [0.4, 0.5) is 0 Å². The summed E-state index contributed by atoms with van der Waals surface area (Å²) in [4.78, 5) is 21.2. The molecule has 0 amide bonds. The fourth-order valence-corrected chi connectivity index (χ4v) is 5.90. The molecule has 10 heteroatoms. The van der Waals surface area contributed by atoms with Gasteiger partial charge >= 0.3 is 14.2 Å². The molecule has 2 heterocycles. The minimum Gasteiger partial charge on any atom is -0.425 e. The maximum absolute atomic E-state index is 12.8. The topological polar surface area (TPSA) is 78.2 Å². The normalized spacial score (nSPS) is 22.9. The fraction of sp³-hybridized carbons (Fsp3) is 0.773. The van der Waals surface area contributed by atoms with Gasteiger partial charge in [0.15, 0.2) is 6.40 Å². The maximum Gasteiger partial charge on any atom is 0.350 e. The van der Waals surface area contributed by atoms with Crippen LogP contribution in [0.1, 0.15) is 74.4 Å². The summed E-state index contributed by atoms with van der Waals surface area (Å²) >= 11 is 1.59. The van der Waals surface area contributed by atoms with Crippen LogP contribution >= 0.6 is 20.3 Å². The van der Waals surface area contributed by atoms with Crippen molar-refractivity contribution >= 4 is 26.7 Å². The van der Waals surface area contributed by atoms with Crippen molar-refractivity contribution in [2.24, 2.45) is 4.99 Å². The molecule has 2 rings (SSSR count). The molecule has 0 spiro atoms. The summed E-state index contributed by atoms with van der Waals surface area (Å²) in [5.74, 6) is 0.918. The number of aryl methyl sites for hydroxylation is 1. The zero-order valence-electron chi connectivity index (χ0n) is 21.4. The van der Waals surface area contributed by atoms with Gasteiger partial charge in [0.2, 0.25) is 0 Å². The Labute approximate surface area is 199 Å². The average Bonchev–Trinajstić information content (AvgIpc) is 3.16. The monoisotopic (exact) mass is 487 g/mol. The van der Waals surface area contributed by atoms with Gasteiger partial charge in [0.1, 0.15) is 11.3 Å². The molecule has 1 aliphatic heterocycles. The summed E-state index contributed by atoms with van der Waals surface area (Å²) in [5, 5.41) is 0.762. The maximum atomic E-state index is 12.8. The van der Waals surface area contributed by atoms with Crippen LogP contribution in [-0.4, -0.2) is 57.2 Å². The molecule has 0 radical (unpaired) electrons. The molecule has 182 valence electrons. The van der Waals surface area contributed by atoms with E-state index in [0.29, 0.717) is 13.0 Å². The van der Waals surface area contributed by atoms with Crippen molar-refractivity contribution in [3.8, 4) is 0 Å². The highest BCUT2D eigenvalue weighted by molar-refractivity contribution is 7.99. The Balaban J connectivity index is 2.24. The molecule has 0 bridgehead atoms. The highest BCUT2D eigenvalue weighted by Crippen LogP contribution is 2.49. The molecule has 32 heavy (non-hydrogen) atoms. The number of aliphatic imine (C=N–C) groups is 1. The minimum absolute atomic E-state index is 0.0301. The average molecular weight is 488 g/mol. The smallest absolute Gasteiger partial charge is 0.350 e. The van der Waals surface area contributed by atoms with E-state index in [9.17, 15) is 4.79 Å². The van der Waals surface area contributed by atoms with E-state index in [-0.39, 0.29) is 30.8 Å². The number of nitrogens with zero attached hydrogens (tertiary/aromatic N) is 4. The molecule has 0 aliphatic carbocycles. The molecule has 0 N–H and O–H groups in total. The summed E-state index contributed by atoms with van der Waals surface area (Å²) in [5.41, 5.74) is 0.601. The van der Waals surface area contributed by atoms with E-state index in [4.69, 9.17) is 15.2 Å². The van der Waals surface area contributed by atoms with Gasteiger partial charge in [0, 0.05) is 32.6 Å². The minimum atomic E-state index is -1.46. The van der Waals surface area contributed by atoms with Crippen LogP contribution < -0.4 is 5.69 Å². The Bertz CT molecular complexity index is 818. The number of ether oxygens (including phenoxy) is 1. The molecule has 4 unspecified atom stereocenters. The van der Waals surface area contributed by atoms with Crippen LogP contribution in [0.2, 0.25) is 0 Å². The highest BCUT2D eigenvalue weighted by Gasteiger charge is 2.39. The van der Waals surface area contributed by atoms with E-state index in [2.05, 4.69) is 49.3 Å². The van der Waals surface area contributed by atoms with Gasteiger partial charge < -0.3 is 13.8 Å². The van der Waals surface area contributed by atoms with Gasteiger partial charge in [0.05, 0.1) is 12.2 Å². The summed E-state index contributed by atoms with van der Waals surface area (Å²) in [6, 6.07) is 0.391. The molecule has 0 aromatic carbocycles. The zero-order chi connectivity index (χ0) is 24.5. The summed E-state index contributed by atoms with van der Waals surface area (Å²) in [7, 11) is -1.46. The number of hydrogen-bond acceptors (Lipinski definition) is 8. The van der Waals surface area contributed by atoms with E-state index in [1.165, 1.54) is 11.0 Å². The Kier molecular flexibility index (Phi) is 10.4. The van der Waals surface area contributed by atoms with Crippen LogP contribution in [0, 0.1) is 6.92 Å². The van der Waals surface area contributed by atoms with E-state index in [1.807, 2.05) is 20.0 Å². The Morgan fingerprint density at radius 2 is 2.16 bits per heavy atom. The molecule has 1 fully saturated rings. The SMILES string of the molecule is [2H]CC1OC(n2cc(C)c(SCCC)nc2=O)CC1OP(OC=NCC)N(C(C)C)C(C)C. The van der Waals surface area contributed by atoms with Gasteiger partial charge in [-0.1, -0.05) is 6.92 Å². The largest absolute Gasteiger partial charge is 0.425 e. The number of hydrogen-bond donors (Lipinski definition) is 0. The molecule has 8 nitrogen and oxygen atoms in total. The third-order valence-electron chi connectivity index (χ3n) is 4.89. The summed E-state index contributed by atoms with van der Waals surface area (Å²) in [6.07, 6.45) is 3.36. The number of thioether (sulfide) groups is 1. The molecule has 4 atom stereocenters.